The van der Waals surface area contributed by atoms with Gasteiger partial charge in [0.15, 0.2) is 5.69 Å². The first-order valence-electron chi connectivity index (χ1n) is 4.96. The number of hydrogen-bond acceptors (Lipinski definition) is 4. The molecule has 1 aromatic carbocycles. The van der Waals surface area contributed by atoms with Crippen molar-refractivity contribution in [3.8, 4) is 28.8 Å². The third-order valence-electron chi connectivity index (χ3n) is 2.42. The standard InChI is InChI=1S/C12H11N3O2/c1-16-8-3-4-11(17-2)9(5-8)12-10(6-13)14-7-15-12/h3-5,7H,1-2H3,(H,14,15). The Labute approximate surface area is 98.6 Å². The van der Waals surface area contributed by atoms with E-state index in [4.69, 9.17) is 14.7 Å². The highest BCUT2D eigenvalue weighted by molar-refractivity contribution is 5.72. The van der Waals surface area contributed by atoms with Crippen LogP contribution in [0.15, 0.2) is 24.5 Å². The lowest BCUT2D eigenvalue weighted by atomic mass is 10.1. The summed E-state index contributed by atoms with van der Waals surface area (Å²) in [5.74, 6) is 1.35. The van der Waals surface area contributed by atoms with Crippen LogP contribution < -0.4 is 9.47 Å². The second kappa shape index (κ2) is 4.58. The summed E-state index contributed by atoms with van der Waals surface area (Å²) < 4.78 is 10.4. The van der Waals surface area contributed by atoms with E-state index in [1.807, 2.05) is 6.07 Å². The number of ether oxygens (including phenoxy) is 2. The lowest BCUT2D eigenvalue weighted by Gasteiger charge is -2.09. The summed E-state index contributed by atoms with van der Waals surface area (Å²) in [7, 11) is 3.16. The molecular weight excluding hydrogens is 218 g/mol. The number of aromatic nitrogens is 2. The predicted molar refractivity (Wildman–Crippen MR) is 61.8 cm³/mol. The lowest BCUT2D eigenvalue weighted by molar-refractivity contribution is 0.404. The molecule has 1 heterocycles. The van der Waals surface area contributed by atoms with Gasteiger partial charge in [-0.15, -0.1) is 0 Å². The van der Waals surface area contributed by atoms with E-state index in [9.17, 15) is 0 Å². The maximum atomic E-state index is 8.95. The van der Waals surface area contributed by atoms with Crippen molar-refractivity contribution in [2.75, 3.05) is 14.2 Å². The van der Waals surface area contributed by atoms with Crippen molar-refractivity contribution in [2.45, 2.75) is 0 Å². The topological polar surface area (TPSA) is 70.9 Å². The Morgan fingerprint density at radius 1 is 1.29 bits per heavy atom. The number of imidazole rings is 1. The van der Waals surface area contributed by atoms with Gasteiger partial charge in [-0.3, -0.25) is 0 Å². The van der Waals surface area contributed by atoms with Crippen LogP contribution in [-0.4, -0.2) is 24.2 Å². The Balaban J connectivity index is 2.61. The third-order valence-corrected chi connectivity index (χ3v) is 2.42. The molecule has 0 saturated carbocycles. The van der Waals surface area contributed by atoms with Crippen molar-refractivity contribution in [1.82, 2.24) is 9.97 Å². The van der Waals surface area contributed by atoms with Gasteiger partial charge in [0.05, 0.1) is 26.2 Å². The van der Waals surface area contributed by atoms with Crippen LogP contribution in [-0.2, 0) is 0 Å². The highest BCUT2D eigenvalue weighted by atomic mass is 16.5. The highest BCUT2D eigenvalue weighted by Gasteiger charge is 2.13. The summed E-state index contributed by atoms with van der Waals surface area (Å²) >= 11 is 0. The lowest BCUT2D eigenvalue weighted by Crippen LogP contribution is -1.92. The summed E-state index contributed by atoms with van der Waals surface area (Å²) in [5, 5.41) is 8.95. The van der Waals surface area contributed by atoms with E-state index in [0.717, 1.165) is 5.56 Å². The van der Waals surface area contributed by atoms with Crippen molar-refractivity contribution < 1.29 is 9.47 Å². The molecule has 2 aromatic rings. The van der Waals surface area contributed by atoms with E-state index < -0.39 is 0 Å². The van der Waals surface area contributed by atoms with Gasteiger partial charge in [0.1, 0.15) is 17.6 Å². The maximum absolute atomic E-state index is 8.95. The number of aromatic amines is 1. The van der Waals surface area contributed by atoms with E-state index in [1.54, 1.807) is 32.4 Å². The van der Waals surface area contributed by atoms with E-state index in [-0.39, 0.29) is 0 Å². The molecule has 0 radical (unpaired) electrons. The van der Waals surface area contributed by atoms with Gasteiger partial charge in [-0.25, -0.2) is 4.98 Å². The summed E-state index contributed by atoms with van der Waals surface area (Å²) in [6.45, 7) is 0. The Kier molecular flexibility index (Phi) is 2.97. The zero-order chi connectivity index (χ0) is 12.3. The van der Waals surface area contributed by atoms with E-state index >= 15 is 0 Å². The van der Waals surface area contributed by atoms with Gasteiger partial charge in [-0.1, -0.05) is 0 Å². The van der Waals surface area contributed by atoms with Crippen molar-refractivity contribution in [1.29, 1.82) is 5.26 Å². The average Bonchev–Trinajstić information content (AvgIpc) is 2.86. The Morgan fingerprint density at radius 3 is 2.76 bits per heavy atom. The van der Waals surface area contributed by atoms with Gasteiger partial charge in [-0.05, 0) is 18.2 Å². The van der Waals surface area contributed by atoms with Gasteiger partial charge >= 0.3 is 0 Å². The first-order valence-corrected chi connectivity index (χ1v) is 4.96. The number of nitrogens with zero attached hydrogens (tertiary/aromatic N) is 2. The monoisotopic (exact) mass is 229 g/mol. The van der Waals surface area contributed by atoms with E-state index in [0.29, 0.717) is 22.9 Å². The number of benzene rings is 1. The minimum atomic E-state index is 0.330. The molecule has 1 N–H and O–H groups in total. The molecule has 0 spiro atoms. The van der Waals surface area contributed by atoms with Gasteiger partial charge in [-0.2, -0.15) is 5.26 Å². The Morgan fingerprint density at radius 2 is 2.12 bits per heavy atom. The van der Waals surface area contributed by atoms with E-state index in [2.05, 4.69) is 9.97 Å². The highest BCUT2D eigenvalue weighted by Crippen LogP contribution is 2.33. The first kappa shape index (κ1) is 11.0. The van der Waals surface area contributed by atoms with Gasteiger partial charge in [0.2, 0.25) is 0 Å². The van der Waals surface area contributed by atoms with Gasteiger partial charge in [0.25, 0.3) is 0 Å². The molecule has 5 nitrogen and oxygen atoms in total. The van der Waals surface area contributed by atoms with Gasteiger partial charge < -0.3 is 14.5 Å². The molecule has 0 fully saturated rings. The summed E-state index contributed by atoms with van der Waals surface area (Å²) in [5.41, 5.74) is 1.71. The Bertz CT molecular complexity index is 569. The number of H-pyrrole nitrogens is 1. The summed E-state index contributed by atoms with van der Waals surface area (Å²) in [6.07, 6.45) is 1.48. The second-order valence-electron chi connectivity index (χ2n) is 3.30. The zero-order valence-corrected chi connectivity index (χ0v) is 9.52. The number of hydrogen-bond donors (Lipinski definition) is 1. The molecule has 1 aromatic heterocycles. The number of nitrogens with one attached hydrogen (secondary N) is 1. The number of methoxy groups -OCH3 is 2. The van der Waals surface area contributed by atoms with Crippen molar-refractivity contribution in [2.24, 2.45) is 0 Å². The number of rotatable bonds is 3. The molecule has 0 atom stereocenters. The molecule has 2 rings (SSSR count). The predicted octanol–water partition coefficient (Wildman–Crippen LogP) is 1.97. The first-order chi connectivity index (χ1) is 8.30. The fraction of sp³-hybridized carbons (Fsp3) is 0.167. The van der Waals surface area contributed by atoms with Crippen LogP contribution in [0.1, 0.15) is 5.69 Å². The molecule has 0 aliphatic heterocycles. The van der Waals surface area contributed by atoms with Gasteiger partial charge in [0, 0.05) is 5.56 Å². The minimum Gasteiger partial charge on any atom is -0.497 e. The third kappa shape index (κ3) is 1.93. The molecule has 0 unspecified atom stereocenters. The van der Waals surface area contributed by atoms with Crippen LogP contribution in [0.4, 0.5) is 0 Å². The summed E-state index contributed by atoms with van der Waals surface area (Å²) in [4.78, 5) is 6.86. The molecule has 0 saturated heterocycles. The van der Waals surface area contributed by atoms with Crippen molar-refractivity contribution in [3.05, 3.63) is 30.2 Å². The molecule has 5 heteroatoms. The fourth-order valence-electron chi connectivity index (χ4n) is 1.59. The molecular formula is C12H11N3O2. The normalized spacial score (nSPS) is 9.71. The molecule has 0 aliphatic carbocycles. The smallest absolute Gasteiger partial charge is 0.166 e. The van der Waals surface area contributed by atoms with E-state index in [1.165, 1.54) is 6.33 Å². The van der Waals surface area contributed by atoms with Crippen LogP contribution in [0.2, 0.25) is 0 Å². The Hall–Kier alpha value is -2.48. The zero-order valence-electron chi connectivity index (χ0n) is 9.52. The average molecular weight is 229 g/mol. The molecule has 0 aliphatic rings. The van der Waals surface area contributed by atoms with Crippen molar-refractivity contribution in [3.63, 3.8) is 0 Å². The summed E-state index contributed by atoms with van der Waals surface area (Å²) in [6, 6.07) is 7.41. The van der Waals surface area contributed by atoms with Crippen LogP contribution in [0.25, 0.3) is 11.3 Å². The van der Waals surface area contributed by atoms with Crippen LogP contribution in [0.3, 0.4) is 0 Å². The SMILES string of the molecule is COc1ccc(OC)c(-c2[nH]cnc2C#N)c1. The fourth-order valence-corrected chi connectivity index (χ4v) is 1.59. The molecule has 0 amide bonds. The van der Waals surface area contributed by atoms with Crippen molar-refractivity contribution >= 4 is 0 Å². The minimum absolute atomic E-state index is 0.330. The maximum Gasteiger partial charge on any atom is 0.166 e. The molecule has 17 heavy (non-hydrogen) atoms. The largest absolute Gasteiger partial charge is 0.497 e. The second-order valence-corrected chi connectivity index (χ2v) is 3.30. The molecule has 86 valence electrons. The van der Waals surface area contributed by atoms with Crippen LogP contribution >= 0.6 is 0 Å². The van der Waals surface area contributed by atoms with Crippen LogP contribution in [0, 0.1) is 11.3 Å². The quantitative estimate of drug-likeness (QED) is 0.873. The number of nitriles is 1. The van der Waals surface area contributed by atoms with Crippen LogP contribution in [0.5, 0.6) is 11.5 Å². The molecule has 0 bridgehead atoms.